The number of benzene rings is 2. The quantitative estimate of drug-likeness (QED) is 0.416. The van der Waals surface area contributed by atoms with Gasteiger partial charge >= 0.3 is 0 Å². The van der Waals surface area contributed by atoms with Crippen molar-refractivity contribution in [1.29, 1.82) is 0 Å². The first-order chi connectivity index (χ1) is 15.4. The zero-order valence-corrected chi connectivity index (χ0v) is 17.9. The Morgan fingerprint density at radius 3 is 2.59 bits per heavy atom. The standard InChI is InChI=1S/C22H25N7O3/c1-4-20(31)24-16-10-8-15(9-11-16)21(22-26-27-28-29(22)14(2)3)25-17-6-5-7-18(12-17)32-13-19(23)30/h4-12,14,21,25H,1,13H2,2-3H3,(H2,23,30)(H,24,31). The van der Waals surface area contributed by atoms with Crippen molar-refractivity contribution in [2.24, 2.45) is 5.73 Å². The normalized spacial score (nSPS) is 11.6. The zero-order chi connectivity index (χ0) is 23.1. The molecule has 0 aliphatic carbocycles. The number of hydrogen-bond acceptors (Lipinski definition) is 7. The van der Waals surface area contributed by atoms with Gasteiger partial charge in [0.1, 0.15) is 11.8 Å². The van der Waals surface area contributed by atoms with E-state index in [0.717, 1.165) is 11.3 Å². The summed E-state index contributed by atoms with van der Waals surface area (Å²) in [6.07, 6.45) is 1.21. The van der Waals surface area contributed by atoms with Crippen molar-refractivity contribution in [3.05, 3.63) is 72.6 Å². The molecule has 0 saturated heterocycles. The van der Waals surface area contributed by atoms with Crippen molar-refractivity contribution in [2.45, 2.75) is 25.9 Å². The van der Waals surface area contributed by atoms with E-state index in [9.17, 15) is 9.59 Å². The van der Waals surface area contributed by atoms with Crippen LogP contribution >= 0.6 is 0 Å². The first-order valence-electron chi connectivity index (χ1n) is 9.96. The second-order valence-corrected chi connectivity index (χ2v) is 7.25. The summed E-state index contributed by atoms with van der Waals surface area (Å²) in [6, 6.07) is 14.1. The third-order valence-electron chi connectivity index (χ3n) is 4.49. The van der Waals surface area contributed by atoms with Crippen molar-refractivity contribution in [3.8, 4) is 5.75 Å². The van der Waals surface area contributed by atoms with Gasteiger partial charge in [-0.3, -0.25) is 9.59 Å². The summed E-state index contributed by atoms with van der Waals surface area (Å²) in [7, 11) is 0. The SMILES string of the molecule is C=CC(=O)Nc1ccc(C(Nc2cccc(OCC(N)=O)c2)c2nnnn2C(C)C)cc1. The second-order valence-electron chi connectivity index (χ2n) is 7.25. The number of hydrogen-bond donors (Lipinski definition) is 3. The van der Waals surface area contributed by atoms with Gasteiger partial charge in [0.15, 0.2) is 12.4 Å². The number of rotatable bonds is 10. The minimum absolute atomic E-state index is 0.0423. The maximum absolute atomic E-state index is 11.6. The Balaban J connectivity index is 1.93. The Hall–Kier alpha value is -4.21. The van der Waals surface area contributed by atoms with Gasteiger partial charge in [0.25, 0.3) is 5.91 Å². The number of nitrogens with zero attached hydrogens (tertiary/aromatic N) is 4. The number of amides is 2. The van der Waals surface area contributed by atoms with Crippen LogP contribution in [-0.4, -0.2) is 38.6 Å². The van der Waals surface area contributed by atoms with Gasteiger partial charge < -0.3 is 21.1 Å². The van der Waals surface area contributed by atoms with E-state index in [4.69, 9.17) is 10.5 Å². The van der Waals surface area contributed by atoms with Crippen LogP contribution in [0.5, 0.6) is 5.75 Å². The van der Waals surface area contributed by atoms with E-state index in [0.29, 0.717) is 17.3 Å². The van der Waals surface area contributed by atoms with Crippen LogP contribution in [0.3, 0.4) is 0 Å². The highest BCUT2D eigenvalue weighted by molar-refractivity contribution is 5.98. The molecule has 0 fully saturated rings. The highest BCUT2D eigenvalue weighted by Gasteiger charge is 2.23. The molecule has 1 atom stereocenters. The van der Waals surface area contributed by atoms with Gasteiger partial charge in [0.05, 0.1) is 6.04 Å². The van der Waals surface area contributed by atoms with Gasteiger partial charge in [-0.25, -0.2) is 4.68 Å². The smallest absolute Gasteiger partial charge is 0.255 e. The molecule has 0 saturated carbocycles. The lowest BCUT2D eigenvalue weighted by molar-refractivity contribution is -0.120. The molecule has 166 valence electrons. The summed E-state index contributed by atoms with van der Waals surface area (Å²) in [6.45, 7) is 7.22. The molecule has 0 spiro atoms. The van der Waals surface area contributed by atoms with E-state index < -0.39 is 11.9 Å². The highest BCUT2D eigenvalue weighted by Crippen LogP contribution is 2.29. The minimum atomic E-state index is -0.555. The minimum Gasteiger partial charge on any atom is -0.484 e. The van der Waals surface area contributed by atoms with Gasteiger partial charge in [0.2, 0.25) is 5.91 Å². The Morgan fingerprint density at radius 2 is 1.94 bits per heavy atom. The topological polar surface area (TPSA) is 137 Å². The van der Waals surface area contributed by atoms with Crippen LogP contribution in [-0.2, 0) is 9.59 Å². The molecule has 0 aliphatic heterocycles. The number of primary amides is 1. The fourth-order valence-electron chi connectivity index (χ4n) is 3.00. The summed E-state index contributed by atoms with van der Waals surface area (Å²) in [5, 5.41) is 18.3. The summed E-state index contributed by atoms with van der Waals surface area (Å²) >= 11 is 0. The van der Waals surface area contributed by atoms with E-state index in [1.165, 1.54) is 6.08 Å². The van der Waals surface area contributed by atoms with E-state index >= 15 is 0 Å². The molecule has 1 heterocycles. The Morgan fingerprint density at radius 1 is 1.19 bits per heavy atom. The van der Waals surface area contributed by atoms with Gasteiger partial charge in [-0.2, -0.15) is 0 Å². The lowest BCUT2D eigenvalue weighted by Crippen LogP contribution is -2.21. The van der Waals surface area contributed by atoms with E-state index in [2.05, 4.69) is 32.7 Å². The molecule has 2 aromatic carbocycles. The van der Waals surface area contributed by atoms with Gasteiger partial charge in [0, 0.05) is 17.4 Å². The van der Waals surface area contributed by atoms with Gasteiger partial charge in [-0.1, -0.05) is 24.8 Å². The molecule has 3 aromatic rings. The van der Waals surface area contributed by atoms with Crippen molar-refractivity contribution in [2.75, 3.05) is 17.2 Å². The molecule has 0 bridgehead atoms. The maximum atomic E-state index is 11.6. The van der Waals surface area contributed by atoms with E-state index in [1.54, 1.807) is 35.0 Å². The monoisotopic (exact) mass is 435 g/mol. The first-order valence-corrected chi connectivity index (χ1v) is 9.96. The summed E-state index contributed by atoms with van der Waals surface area (Å²) in [4.78, 5) is 22.6. The molecule has 0 radical (unpaired) electrons. The molecule has 10 nitrogen and oxygen atoms in total. The van der Waals surface area contributed by atoms with E-state index in [-0.39, 0.29) is 18.6 Å². The Kier molecular flexibility index (Phi) is 7.17. The third kappa shape index (κ3) is 5.69. The number of aromatic nitrogens is 4. The third-order valence-corrected chi connectivity index (χ3v) is 4.49. The molecule has 1 unspecified atom stereocenters. The van der Waals surface area contributed by atoms with Crippen molar-refractivity contribution < 1.29 is 14.3 Å². The Labute approximate surface area is 185 Å². The molecule has 3 rings (SSSR count). The second kappa shape index (κ2) is 10.2. The van der Waals surface area contributed by atoms with Crippen LogP contribution in [0, 0.1) is 0 Å². The predicted octanol–water partition coefficient (Wildman–Crippen LogP) is 2.44. The lowest BCUT2D eigenvalue weighted by Gasteiger charge is -2.21. The van der Waals surface area contributed by atoms with Crippen LogP contribution in [0.2, 0.25) is 0 Å². The molecule has 0 aliphatic rings. The molecule has 1 aromatic heterocycles. The molecule has 32 heavy (non-hydrogen) atoms. The summed E-state index contributed by atoms with van der Waals surface area (Å²) in [5.74, 6) is 0.273. The summed E-state index contributed by atoms with van der Waals surface area (Å²) < 4.78 is 7.14. The molecule has 10 heteroatoms. The van der Waals surface area contributed by atoms with Crippen molar-refractivity contribution in [3.63, 3.8) is 0 Å². The average Bonchev–Trinajstić information content (AvgIpc) is 3.27. The van der Waals surface area contributed by atoms with Crippen LogP contribution in [0.4, 0.5) is 11.4 Å². The fourth-order valence-corrected chi connectivity index (χ4v) is 3.00. The number of tetrazole rings is 1. The molecule has 4 N–H and O–H groups in total. The van der Waals surface area contributed by atoms with Crippen molar-refractivity contribution >= 4 is 23.2 Å². The van der Waals surface area contributed by atoms with Crippen LogP contribution in [0.1, 0.15) is 37.3 Å². The molecule has 2 amide bonds. The number of anilines is 2. The molecular formula is C22H25N7O3. The number of carbonyl (C=O) groups excluding carboxylic acids is 2. The average molecular weight is 435 g/mol. The maximum Gasteiger partial charge on any atom is 0.255 e. The lowest BCUT2D eigenvalue weighted by atomic mass is 10.0. The van der Waals surface area contributed by atoms with Crippen molar-refractivity contribution in [1.82, 2.24) is 20.2 Å². The van der Waals surface area contributed by atoms with Crippen LogP contribution in [0.25, 0.3) is 0 Å². The van der Waals surface area contributed by atoms with E-state index in [1.807, 2.05) is 32.0 Å². The van der Waals surface area contributed by atoms with Crippen LogP contribution < -0.4 is 21.1 Å². The van der Waals surface area contributed by atoms with Gasteiger partial charge in [-0.05, 0) is 60.2 Å². The van der Waals surface area contributed by atoms with Crippen LogP contribution in [0.15, 0.2) is 61.2 Å². The van der Waals surface area contributed by atoms with Gasteiger partial charge in [-0.15, -0.1) is 5.10 Å². The number of nitrogens with two attached hydrogens (primary N) is 1. The zero-order valence-electron chi connectivity index (χ0n) is 17.9. The molecular weight excluding hydrogens is 410 g/mol. The first kappa shape index (κ1) is 22.5. The summed E-state index contributed by atoms with van der Waals surface area (Å²) in [5.41, 5.74) is 7.41. The predicted molar refractivity (Wildman–Crippen MR) is 120 cm³/mol. The number of carbonyl (C=O) groups is 2. The number of nitrogens with one attached hydrogen (secondary N) is 2. The Bertz CT molecular complexity index is 1090. The highest BCUT2D eigenvalue weighted by atomic mass is 16.5. The number of ether oxygens (including phenoxy) is 1. The fraction of sp³-hybridized carbons (Fsp3) is 0.227. The largest absolute Gasteiger partial charge is 0.484 e.